The average molecular weight is 243 g/mol. The van der Waals surface area contributed by atoms with Crippen molar-refractivity contribution < 1.29 is 5.11 Å². The maximum absolute atomic E-state index is 8.75. The zero-order chi connectivity index (χ0) is 11.6. The fourth-order valence-electron chi connectivity index (χ4n) is 1.45. The largest absolute Gasteiger partial charge is 0.394 e. The molecule has 0 radical (unpaired) electrons. The Bertz CT molecular complexity index is 278. The van der Waals surface area contributed by atoms with Crippen LogP contribution < -0.4 is 5.32 Å². The van der Waals surface area contributed by atoms with Crippen molar-refractivity contribution in [1.82, 2.24) is 15.1 Å². The van der Waals surface area contributed by atoms with Crippen molar-refractivity contribution >= 4 is 11.8 Å². The molecule has 1 aromatic heterocycles. The monoisotopic (exact) mass is 243 g/mol. The third kappa shape index (κ3) is 5.53. The molecular formula is C11H21N3OS. The minimum absolute atomic E-state index is 0.142. The van der Waals surface area contributed by atoms with Gasteiger partial charge < -0.3 is 10.4 Å². The second-order valence-corrected chi connectivity index (χ2v) is 4.70. The van der Waals surface area contributed by atoms with Crippen LogP contribution in [0.1, 0.15) is 18.4 Å². The van der Waals surface area contributed by atoms with Crippen LogP contribution in [0.15, 0.2) is 12.4 Å². The SMILES string of the molecule is CSCCCCNCc1cnn(CCO)c1. The van der Waals surface area contributed by atoms with Gasteiger partial charge >= 0.3 is 0 Å². The van der Waals surface area contributed by atoms with Crippen LogP contribution in [-0.4, -0.2) is 40.0 Å². The predicted octanol–water partition coefficient (Wildman–Crippen LogP) is 1.11. The van der Waals surface area contributed by atoms with Crippen LogP contribution in [0, 0.1) is 0 Å². The molecule has 0 saturated heterocycles. The lowest BCUT2D eigenvalue weighted by atomic mass is 10.3. The molecule has 0 atom stereocenters. The molecule has 4 nitrogen and oxygen atoms in total. The number of aromatic nitrogens is 2. The molecule has 5 heteroatoms. The number of nitrogens with zero attached hydrogens (tertiary/aromatic N) is 2. The van der Waals surface area contributed by atoms with Crippen LogP contribution in [0.2, 0.25) is 0 Å². The van der Waals surface area contributed by atoms with E-state index in [9.17, 15) is 0 Å². The van der Waals surface area contributed by atoms with Gasteiger partial charge in [0.1, 0.15) is 0 Å². The third-order valence-corrected chi connectivity index (χ3v) is 2.99. The van der Waals surface area contributed by atoms with Crippen LogP contribution >= 0.6 is 11.8 Å². The Hall–Kier alpha value is -0.520. The topological polar surface area (TPSA) is 50.1 Å². The molecule has 16 heavy (non-hydrogen) atoms. The zero-order valence-corrected chi connectivity index (χ0v) is 10.7. The van der Waals surface area contributed by atoms with Gasteiger partial charge in [-0.25, -0.2) is 0 Å². The normalized spacial score (nSPS) is 10.9. The van der Waals surface area contributed by atoms with E-state index in [0.717, 1.165) is 13.1 Å². The third-order valence-electron chi connectivity index (χ3n) is 2.30. The fourth-order valence-corrected chi connectivity index (χ4v) is 1.94. The van der Waals surface area contributed by atoms with Gasteiger partial charge in [0.05, 0.1) is 19.3 Å². The highest BCUT2D eigenvalue weighted by molar-refractivity contribution is 7.98. The van der Waals surface area contributed by atoms with Crippen LogP contribution in [0.4, 0.5) is 0 Å². The number of thioether (sulfide) groups is 1. The highest BCUT2D eigenvalue weighted by Crippen LogP contribution is 1.99. The van der Waals surface area contributed by atoms with Gasteiger partial charge in [-0.05, 0) is 31.4 Å². The number of rotatable bonds is 9. The van der Waals surface area contributed by atoms with E-state index < -0.39 is 0 Å². The summed E-state index contributed by atoms with van der Waals surface area (Å²) in [6.07, 6.45) is 8.47. The summed E-state index contributed by atoms with van der Waals surface area (Å²) in [7, 11) is 0. The highest BCUT2D eigenvalue weighted by atomic mass is 32.2. The van der Waals surface area contributed by atoms with Crippen LogP contribution in [0.5, 0.6) is 0 Å². The highest BCUT2D eigenvalue weighted by Gasteiger charge is 1.97. The van der Waals surface area contributed by atoms with E-state index in [1.54, 1.807) is 4.68 Å². The lowest BCUT2D eigenvalue weighted by Gasteiger charge is -2.02. The van der Waals surface area contributed by atoms with Gasteiger partial charge in [-0.15, -0.1) is 0 Å². The number of nitrogens with one attached hydrogen (secondary N) is 1. The summed E-state index contributed by atoms with van der Waals surface area (Å²) >= 11 is 1.90. The Morgan fingerprint density at radius 1 is 1.50 bits per heavy atom. The Balaban J connectivity index is 2.07. The first-order valence-corrected chi connectivity index (χ1v) is 7.08. The first-order chi connectivity index (χ1) is 7.86. The summed E-state index contributed by atoms with van der Waals surface area (Å²) < 4.78 is 1.77. The Morgan fingerprint density at radius 3 is 3.12 bits per heavy atom. The van der Waals surface area contributed by atoms with Gasteiger partial charge in [0.15, 0.2) is 0 Å². The molecule has 1 aromatic rings. The first-order valence-electron chi connectivity index (χ1n) is 5.68. The van der Waals surface area contributed by atoms with Gasteiger partial charge in [0.2, 0.25) is 0 Å². The zero-order valence-electron chi connectivity index (χ0n) is 9.85. The Morgan fingerprint density at radius 2 is 2.38 bits per heavy atom. The van der Waals surface area contributed by atoms with Gasteiger partial charge in [0.25, 0.3) is 0 Å². The molecule has 0 bridgehead atoms. The maximum Gasteiger partial charge on any atom is 0.0640 e. The first kappa shape index (κ1) is 13.5. The van der Waals surface area contributed by atoms with Crippen LogP contribution in [-0.2, 0) is 13.1 Å². The molecule has 0 saturated carbocycles. The number of hydrogen-bond acceptors (Lipinski definition) is 4. The van der Waals surface area contributed by atoms with Crippen LogP contribution in [0.25, 0.3) is 0 Å². The van der Waals surface area contributed by atoms with Gasteiger partial charge in [-0.2, -0.15) is 16.9 Å². The summed E-state index contributed by atoms with van der Waals surface area (Å²) in [5.74, 6) is 1.25. The van der Waals surface area contributed by atoms with Gasteiger partial charge in [-0.3, -0.25) is 4.68 Å². The smallest absolute Gasteiger partial charge is 0.0640 e. The number of aliphatic hydroxyl groups excluding tert-OH is 1. The average Bonchev–Trinajstić information content (AvgIpc) is 2.72. The minimum atomic E-state index is 0.142. The van der Waals surface area contributed by atoms with Crippen LogP contribution in [0.3, 0.4) is 0 Å². The number of aliphatic hydroxyl groups is 1. The predicted molar refractivity (Wildman–Crippen MR) is 68.6 cm³/mol. The lowest BCUT2D eigenvalue weighted by Crippen LogP contribution is -2.14. The fraction of sp³-hybridized carbons (Fsp3) is 0.727. The molecule has 1 rings (SSSR count). The van der Waals surface area contributed by atoms with Crippen molar-refractivity contribution in [3.8, 4) is 0 Å². The molecule has 92 valence electrons. The van der Waals surface area contributed by atoms with E-state index in [-0.39, 0.29) is 6.61 Å². The van der Waals surface area contributed by atoms with Crippen molar-refractivity contribution in [3.63, 3.8) is 0 Å². The van der Waals surface area contributed by atoms with Crippen molar-refractivity contribution in [3.05, 3.63) is 18.0 Å². The Kier molecular flexibility index (Phi) is 7.29. The molecule has 0 aliphatic rings. The molecule has 0 spiro atoms. The second-order valence-electron chi connectivity index (χ2n) is 3.71. The van der Waals surface area contributed by atoms with Gasteiger partial charge in [-0.1, -0.05) is 0 Å². The molecule has 2 N–H and O–H groups in total. The van der Waals surface area contributed by atoms with Gasteiger partial charge in [0, 0.05) is 18.3 Å². The lowest BCUT2D eigenvalue weighted by molar-refractivity contribution is 0.269. The van der Waals surface area contributed by atoms with E-state index >= 15 is 0 Å². The summed E-state index contributed by atoms with van der Waals surface area (Å²) in [6.45, 7) is 2.65. The summed E-state index contributed by atoms with van der Waals surface area (Å²) in [5.41, 5.74) is 1.18. The molecular weight excluding hydrogens is 222 g/mol. The molecule has 0 fully saturated rings. The van der Waals surface area contributed by atoms with Crippen molar-refractivity contribution in [2.45, 2.75) is 25.9 Å². The van der Waals surface area contributed by atoms with E-state index in [0.29, 0.717) is 6.54 Å². The van der Waals surface area contributed by atoms with E-state index in [2.05, 4.69) is 16.7 Å². The number of unbranched alkanes of at least 4 members (excludes halogenated alkanes) is 1. The van der Waals surface area contributed by atoms with Crippen molar-refractivity contribution in [1.29, 1.82) is 0 Å². The standard InChI is InChI=1S/C11H21N3OS/c1-16-7-3-2-4-12-8-11-9-13-14(10-11)5-6-15/h9-10,12,15H,2-8H2,1H3. The van der Waals surface area contributed by atoms with E-state index in [4.69, 9.17) is 5.11 Å². The van der Waals surface area contributed by atoms with E-state index in [1.165, 1.54) is 24.2 Å². The summed E-state index contributed by atoms with van der Waals surface area (Å²) in [5, 5.41) is 16.3. The maximum atomic E-state index is 8.75. The van der Waals surface area contributed by atoms with E-state index in [1.807, 2.05) is 24.2 Å². The minimum Gasteiger partial charge on any atom is -0.394 e. The molecule has 0 aliphatic carbocycles. The Labute approximate surface area is 101 Å². The summed E-state index contributed by atoms with van der Waals surface area (Å²) in [6, 6.07) is 0. The molecule has 0 aliphatic heterocycles. The number of hydrogen-bond donors (Lipinski definition) is 2. The molecule has 0 unspecified atom stereocenters. The molecule has 0 aromatic carbocycles. The molecule has 1 heterocycles. The second kappa shape index (κ2) is 8.61. The molecule has 0 amide bonds. The van der Waals surface area contributed by atoms with Crippen molar-refractivity contribution in [2.75, 3.05) is 25.2 Å². The quantitative estimate of drug-likeness (QED) is 0.638. The summed E-state index contributed by atoms with van der Waals surface area (Å²) in [4.78, 5) is 0. The van der Waals surface area contributed by atoms with Crippen molar-refractivity contribution in [2.24, 2.45) is 0 Å².